The van der Waals surface area contributed by atoms with Gasteiger partial charge in [-0.25, -0.2) is 0 Å². The molecule has 0 saturated carbocycles. The summed E-state index contributed by atoms with van der Waals surface area (Å²) in [6.07, 6.45) is 6.12. The Balaban J connectivity index is 1.92. The van der Waals surface area contributed by atoms with Crippen LogP contribution in [0.2, 0.25) is 0 Å². The Morgan fingerprint density at radius 1 is 1.38 bits per heavy atom. The topological polar surface area (TPSA) is 46.2 Å². The molecule has 114 valence electrons. The van der Waals surface area contributed by atoms with E-state index in [0.717, 1.165) is 25.7 Å². The molecule has 0 bridgehead atoms. The highest BCUT2D eigenvalue weighted by atomic mass is 16.3. The molecule has 1 aromatic carbocycles. The van der Waals surface area contributed by atoms with E-state index in [1.165, 1.54) is 16.7 Å². The molecule has 0 aromatic heterocycles. The minimum atomic E-state index is -0.336. The maximum atomic E-state index is 11.2. The lowest BCUT2D eigenvalue weighted by Gasteiger charge is -2.41. The van der Waals surface area contributed by atoms with Crippen molar-refractivity contribution in [3.63, 3.8) is 0 Å². The molecule has 2 nitrogen and oxygen atoms in total. The van der Waals surface area contributed by atoms with Crippen LogP contribution < -0.4 is 5.73 Å². The Morgan fingerprint density at radius 3 is 2.86 bits per heavy atom. The molecule has 3 N–H and O–H groups in total. The summed E-state index contributed by atoms with van der Waals surface area (Å²) in [5.74, 6) is 0.893. The zero-order valence-corrected chi connectivity index (χ0v) is 13.2. The molecule has 0 heterocycles. The lowest BCUT2D eigenvalue weighted by atomic mass is 9.67. The molecule has 4 atom stereocenters. The van der Waals surface area contributed by atoms with Crippen LogP contribution in [0.5, 0.6) is 0 Å². The summed E-state index contributed by atoms with van der Waals surface area (Å²) in [7, 11) is 0. The first-order valence-electron chi connectivity index (χ1n) is 8.20. The molecule has 0 radical (unpaired) electrons. The van der Waals surface area contributed by atoms with Crippen LogP contribution in [-0.4, -0.2) is 17.8 Å². The molecule has 0 amide bonds. The molecule has 0 fully saturated rings. The van der Waals surface area contributed by atoms with Gasteiger partial charge in [0, 0.05) is 12.0 Å². The zero-order valence-electron chi connectivity index (χ0n) is 13.2. The molecule has 4 unspecified atom stereocenters. The van der Waals surface area contributed by atoms with Crippen LogP contribution in [-0.2, 0) is 11.8 Å². The summed E-state index contributed by atoms with van der Waals surface area (Å²) >= 11 is 0. The van der Waals surface area contributed by atoms with Crippen molar-refractivity contribution in [1.82, 2.24) is 0 Å². The van der Waals surface area contributed by atoms with E-state index in [0.29, 0.717) is 18.4 Å². The number of hydrogen-bond acceptors (Lipinski definition) is 2. The van der Waals surface area contributed by atoms with Gasteiger partial charge in [0.1, 0.15) is 0 Å². The molecule has 2 aliphatic carbocycles. The quantitative estimate of drug-likeness (QED) is 0.838. The molecule has 1 aromatic rings. The fourth-order valence-electron chi connectivity index (χ4n) is 4.64. The van der Waals surface area contributed by atoms with Gasteiger partial charge in [-0.15, -0.1) is 0 Å². The number of nitrogens with two attached hydrogens (primary N) is 1. The normalized spacial score (nSPS) is 33.4. The summed E-state index contributed by atoms with van der Waals surface area (Å²) in [5.41, 5.74) is 10.0. The number of allylic oxidation sites excluding steroid dienone is 2. The molecule has 0 saturated heterocycles. The third-order valence-electron chi connectivity index (χ3n) is 5.60. The smallest absolute Gasteiger partial charge is 0.0680 e. The van der Waals surface area contributed by atoms with E-state index in [1.54, 1.807) is 0 Å². The Morgan fingerprint density at radius 2 is 2.14 bits per heavy atom. The summed E-state index contributed by atoms with van der Waals surface area (Å²) in [4.78, 5) is 0. The van der Waals surface area contributed by atoms with E-state index in [1.807, 2.05) is 0 Å². The minimum Gasteiger partial charge on any atom is -0.392 e. The van der Waals surface area contributed by atoms with Crippen molar-refractivity contribution in [2.24, 2.45) is 17.6 Å². The maximum absolute atomic E-state index is 11.2. The number of rotatable bonds is 3. The number of aryl methyl sites for hydroxylation is 1. The molecule has 2 aliphatic rings. The largest absolute Gasteiger partial charge is 0.392 e. The average molecular weight is 285 g/mol. The zero-order chi connectivity index (χ0) is 15.0. The highest BCUT2D eigenvalue weighted by molar-refractivity contribution is 5.41. The molecule has 3 rings (SSSR count). The SMILES string of the molecule is CC1=CC(C)CC(C(O)C2(CN)CCc3ccccc32)C1. The molecule has 0 aliphatic heterocycles. The van der Waals surface area contributed by atoms with Gasteiger partial charge >= 0.3 is 0 Å². The first-order valence-corrected chi connectivity index (χ1v) is 8.20. The van der Waals surface area contributed by atoms with Gasteiger partial charge in [-0.1, -0.05) is 42.8 Å². The van der Waals surface area contributed by atoms with E-state index >= 15 is 0 Å². The van der Waals surface area contributed by atoms with Crippen molar-refractivity contribution >= 4 is 0 Å². The number of hydrogen-bond donors (Lipinski definition) is 2. The Hall–Kier alpha value is -1.12. The van der Waals surface area contributed by atoms with Crippen LogP contribution in [0.1, 0.15) is 44.2 Å². The van der Waals surface area contributed by atoms with E-state index < -0.39 is 0 Å². The van der Waals surface area contributed by atoms with Crippen molar-refractivity contribution < 1.29 is 5.11 Å². The van der Waals surface area contributed by atoms with Crippen molar-refractivity contribution in [1.29, 1.82) is 0 Å². The third-order valence-corrected chi connectivity index (χ3v) is 5.60. The van der Waals surface area contributed by atoms with Crippen LogP contribution in [0.25, 0.3) is 0 Å². The lowest BCUT2D eigenvalue weighted by Crippen LogP contribution is -2.48. The number of aliphatic hydroxyl groups is 1. The van der Waals surface area contributed by atoms with Gasteiger partial charge in [0.05, 0.1) is 6.10 Å². The highest BCUT2D eigenvalue weighted by Crippen LogP contribution is 2.45. The van der Waals surface area contributed by atoms with Gasteiger partial charge < -0.3 is 10.8 Å². The van der Waals surface area contributed by atoms with Gasteiger partial charge in [-0.3, -0.25) is 0 Å². The number of fused-ring (bicyclic) bond motifs is 1. The van der Waals surface area contributed by atoms with Gasteiger partial charge in [0.15, 0.2) is 0 Å². The van der Waals surface area contributed by atoms with Crippen molar-refractivity contribution in [2.75, 3.05) is 6.54 Å². The van der Waals surface area contributed by atoms with Crippen LogP contribution in [0.3, 0.4) is 0 Å². The summed E-state index contributed by atoms with van der Waals surface area (Å²) in [5, 5.41) is 11.2. The van der Waals surface area contributed by atoms with E-state index in [4.69, 9.17) is 5.73 Å². The minimum absolute atomic E-state index is 0.238. The molecular weight excluding hydrogens is 258 g/mol. The fraction of sp³-hybridized carbons (Fsp3) is 0.579. The molecule has 21 heavy (non-hydrogen) atoms. The van der Waals surface area contributed by atoms with Crippen molar-refractivity contribution in [2.45, 2.75) is 51.0 Å². The monoisotopic (exact) mass is 285 g/mol. The van der Waals surface area contributed by atoms with E-state index in [2.05, 4.69) is 44.2 Å². The average Bonchev–Trinajstić information content (AvgIpc) is 2.85. The summed E-state index contributed by atoms with van der Waals surface area (Å²) < 4.78 is 0. The van der Waals surface area contributed by atoms with Gasteiger partial charge in [0.25, 0.3) is 0 Å². The second-order valence-corrected chi connectivity index (χ2v) is 7.15. The van der Waals surface area contributed by atoms with Crippen LogP contribution >= 0.6 is 0 Å². The second-order valence-electron chi connectivity index (χ2n) is 7.15. The second kappa shape index (κ2) is 5.58. The Labute approximate surface area is 128 Å². The van der Waals surface area contributed by atoms with Crippen LogP contribution in [0.4, 0.5) is 0 Å². The summed E-state index contributed by atoms with van der Waals surface area (Å²) in [6, 6.07) is 8.53. The number of benzene rings is 1. The number of aliphatic hydroxyl groups excluding tert-OH is 1. The van der Waals surface area contributed by atoms with E-state index in [-0.39, 0.29) is 11.5 Å². The van der Waals surface area contributed by atoms with Crippen LogP contribution in [0.15, 0.2) is 35.9 Å². The molecule has 2 heteroatoms. The first kappa shape index (κ1) is 14.8. The third kappa shape index (κ3) is 2.45. The Kier molecular flexibility index (Phi) is 3.94. The fourth-order valence-corrected chi connectivity index (χ4v) is 4.64. The van der Waals surface area contributed by atoms with Gasteiger partial charge in [-0.05, 0) is 55.6 Å². The van der Waals surface area contributed by atoms with E-state index in [9.17, 15) is 5.11 Å². The van der Waals surface area contributed by atoms with Crippen molar-refractivity contribution in [3.8, 4) is 0 Å². The van der Waals surface area contributed by atoms with Gasteiger partial charge in [-0.2, -0.15) is 0 Å². The lowest BCUT2D eigenvalue weighted by molar-refractivity contribution is 0.0212. The molecular formula is C19H27NO. The van der Waals surface area contributed by atoms with Crippen molar-refractivity contribution in [3.05, 3.63) is 47.0 Å². The predicted molar refractivity (Wildman–Crippen MR) is 87.1 cm³/mol. The van der Waals surface area contributed by atoms with Crippen LogP contribution in [0, 0.1) is 11.8 Å². The summed E-state index contributed by atoms with van der Waals surface area (Å²) in [6.45, 7) is 4.98. The maximum Gasteiger partial charge on any atom is 0.0680 e. The predicted octanol–water partition coefficient (Wildman–Crippen LogP) is 3.18. The Bertz CT molecular complexity index is 550. The standard InChI is InChI=1S/C19H27NO/c1-13-9-14(2)11-16(10-13)18(21)19(12-20)8-7-15-5-3-4-6-17(15)19/h3-6,9,13,16,18,21H,7-8,10-12,20H2,1-2H3. The highest BCUT2D eigenvalue weighted by Gasteiger charge is 2.46. The first-order chi connectivity index (χ1) is 10.1. The molecule has 0 spiro atoms. The van der Waals surface area contributed by atoms with Gasteiger partial charge in [0.2, 0.25) is 0 Å².